The maximum Gasteiger partial charge on any atom is 0.124 e. The molecule has 0 radical (unpaired) electrons. The van der Waals surface area contributed by atoms with Gasteiger partial charge in [-0.15, -0.1) is 11.3 Å². The van der Waals surface area contributed by atoms with E-state index in [1.165, 1.54) is 12.1 Å². The van der Waals surface area contributed by atoms with Crippen LogP contribution < -0.4 is 5.32 Å². The van der Waals surface area contributed by atoms with E-state index in [4.69, 9.17) is 5.26 Å². The molecular weight excluding hydrogens is 249 g/mol. The van der Waals surface area contributed by atoms with Crippen LogP contribution in [0.1, 0.15) is 21.0 Å². The molecule has 0 atom stereocenters. The number of nitriles is 1. The molecule has 0 spiro atoms. The lowest BCUT2D eigenvalue weighted by Crippen LogP contribution is -2.12. The van der Waals surface area contributed by atoms with E-state index in [1.54, 1.807) is 17.4 Å². The van der Waals surface area contributed by atoms with Crippen LogP contribution in [-0.2, 0) is 13.1 Å². The van der Waals surface area contributed by atoms with Crippen molar-refractivity contribution in [3.05, 3.63) is 51.2 Å². The van der Waals surface area contributed by atoms with Gasteiger partial charge < -0.3 is 5.32 Å². The van der Waals surface area contributed by atoms with Gasteiger partial charge in [0.25, 0.3) is 0 Å². The molecule has 92 valence electrons. The normalized spacial score (nSPS) is 10.3. The van der Waals surface area contributed by atoms with Crippen molar-refractivity contribution in [3.63, 3.8) is 0 Å². The van der Waals surface area contributed by atoms with Crippen molar-refractivity contribution in [2.24, 2.45) is 0 Å². The monoisotopic (exact) mass is 261 g/mol. The van der Waals surface area contributed by atoms with Crippen LogP contribution in [0.2, 0.25) is 0 Å². The summed E-state index contributed by atoms with van der Waals surface area (Å²) in [4.78, 5) is 5.30. The Morgan fingerprint density at radius 1 is 1.39 bits per heavy atom. The summed E-state index contributed by atoms with van der Waals surface area (Å²) >= 11 is 1.63. The third-order valence-electron chi connectivity index (χ3n) is 2.38. The molecule has 3 nitrogen and oxygen atoms in total. The van der Waals surface area contributed by atoms with Gasteiger partial charge in [-0.2, -0.15) is 5.26 Å². The van der Waals surface area contributed by atoms with Crippen LogP contribution in [0.4, 0.5) is 4.39 Å². The first-order chi connectivity index (χ1) is 8.67. The number of halogens is 1. The minimum absolute atomic E-state index is 0.348. The van der Waals surface area contributed by atoms with E-state index in [2.05, 4.69) is 10.3 Å². The molecule has 5 heteroatoms. The second kappa shape index (κ2) is 5.71. The summed E-state index contributed by atoms with van der Waals surface area (Å²) in [5.41, 5.74) is 1.12. The minimum atomic E-state index is -0.375. The van der Waals surface area contributed by atoms with Crippen molar-refractivity contribution < 1.29 is 4.39 Å². The SMILES string of the molecule is Cc1ncc(CNCc2cc(F)cc(C#N)c2)s1. The zero-order valence-corrected chi connectivity index (χ0v) is 10.7. The molecule has 0 aliphatic rings. The predicted octanol–water partition coefficient (Wildman–Crippen LogP) is 2.75. The second-order valence-corrected chi connectivity index (χ2v) is 5.23. The van der Waals surface area contributed by atoms with E-state index >= 15 is 0 Å². The lowest BCUT2D eigenvalue weighted by atomic mass is 10.1. The zero-order chi connectivity index (χ0) is 13.0. The molecule has 0 fully saturated rings. The Bertz CT molecular complexity index is 586. The smallest absolute Gasteiger partial charge is 0.124 e. The van der Waals surface area contributed by atoms with Crippen molar-refractivity contribution >= 4 is 11.3 Å². The number of nitrogens with zero attached hydrogens (tertiary/aromatic N) is 2. The molecule has 2 rings (SSSR count). The van der Waals surface area contributed by atoms with E-state index < -0.39 is 0 Å². The van der Waals surface area contributed by atoms with Crippen molar-refractivity contribution in [1.82, 2.24) is 10.3 Å². The Labute approximate surface area is 109 Å². The number of hydrogen-bond acceptors (Lipinski definition) is 4. The van der Waals surface area contributed by atoms with Gasteiger partial charge in [0.1, 0.15) is 5.82 Å². The van der Waals surface area contributed by atoms with Crippen molar-refractivity contribution in [3.8, 4) is 6.07 Å². The fourth-order valence-electron chi connectivity index (χ4n) is 1.63. The largest absolute Gasteiger partial charge is 0.308 e. The summed E-state index contributed by atoms with van der Waals surface area (Å²) in [6.07, 6.45) is 1.83. The average molecular weight is 261 g/mol. The van der Waals surface area contributed by atoms with Crippen molar-refractivity contribution in [1.29, 1.82) is 5.26 Å². The second-order valence-electron chi connectivity index (χ2n) is 3.91. The van der Waals surface area contributed by atoms with Crippen LogP contribution in [0, 0.1) is 24.1 Å². The Hall–Kier alpha value is -1.77. The minimum Gasteiger partial charge on any atom is -0.308 e. The van der Waals surface area contributed by atoms with Gasteiger partial charge in [0.2, 0.25) is 0 Å². The maximum absolute atomic E-state index is 13.2. The molecule has 0 unspecified atom stereocenters. The summed E-state index contributed by atoms with van der Waals surface area (Å²) < 4.78 is 13.2. The first-order valence-electron chi connectivity index (χ1n) is 5.49. The average Bonchev–Trinajstić information content (AvgIpc) is 2.74. The first kappa shape index (κ1) is 12.7. The number of hydrogen-bond donors (Lipinski definition) is 1. The van der Waals surface area contributed by atoms with Gasteiger partial charge in [0, 0.05) is 24.2 Å². The Balaban J connectivity index is 1.94. The highest BCUT2D eigenvalue weighted by Gasteiger charge is 2.01. The molecule has 0 saturated heterocycles. The third-order valence-corrected chi connectivity index (χ3v) is 3.30. The predicted molar refractivity (Wildman–Crippen MR) is 68.5 cm³/mol. The molecular formula is C13H12FN3S. The third kappa shape index (κ3) is 3.36. The number of thiazole rings is 1. The molecule has 1 aromatic heterocycles. The van der Waals surface area contributed by atoms with E-state index in [9.17, 15) is 4.39 Å². The number of aromatic nitrogens is 1. The van der Waals surface area contributed by atoms with Gasteiger partial charge in [-0.3, -0.25) is 0 Å². The van der Waals surface area contributed by atoms with E-state index in [-0.39, 0.29) is 5.82 Å². The summed E-state index contributed by atoms with van der Waals surface area (Å²) in [7, 11) is 0. The fourth-order valence-corrected chi connectivity index (χ4v) is 2.40. The van der Waals surface area contributed by atoms with Gasteiger partial charge in [-0.1, -0.05) is 0 Å². The molecule has 0 saturated carbocycles. The van der Waals surface area contributed by atoms with Crippen LogP contribution in [0.25, 0.3) is 0 Å². The van der Waals surface area contributed by atoms with Crippen LogP contribution >= 0.6 is 11.3 Å². The summed E-state index contributed by atoms with van der Waals surface area (Å²) in [5.74, 6) is -0.375. The Kier molecular flexibility index (Phi) is 4.03. The number of benzene rings is 1. The Morgan fingerprint density at radius 2 is 2.22 bits per heavy atom. The highest BCUT2D eigenvalue weighted by Crippen LogP contribution is 2.12. The zero-order valence-electron chi connectivity index (χ0n) is 9.90. The topological polar surface area (TPSA) is 48.7 Å². The molecule has 0 aliphatic carbocycles. The highest BCUT2D eigenvalue weighted by atomic mass is 32.1. The molecule has 1 aromatic carbocycles. The van der Waals surface area contributed by atoms with Gasteiger partial charge in [-0.25, -0.2) is 9.37 Å². The number of nitrogens with one attached hydrogen (secondary N) is 1. The fraction of sp³-hybridized carbons (Fsp3) is 0.231. The quantitative estimate of drug-likeness (QED) is 0.920. The molecule has 1 N–H and O–H groups in total. The summed E-state index contributed by atoms with van der Waals surface area (Å²) in [6.45, 7) is 3.19. The first-order valence-corrected chi connectivity index (χ1v) is 6.30. The molecule has 0 amide bonds. The molecule has 2 aromatic rings. The highest BCUT2D eigenvalue weighted by molar-refractivity contribution is 7.11. The molecule has 18 heavy (non-hydrogen) atoms. The lowest BCUT2D eigenvalue weighted by molar-refractivity contribution is 0.620. The van der Waals surface area contributed by atoms with Gasteiger partial charge in [-0.05, 0) is 30.7 Å². The lowest BCUT2D eigenvalue weighted by Gasteiger charge is -2.04. The maximum atomic E-state index is 13.2. The van der Waals surface area contributed by atoms with E-state index in [0.717, 1.165) is 15.4 Å². The molecule has 1 heterocycles. The molecule has 0 bridgehead atoms. The number of rotatable bonds is 4. The van der Waals surface area contributed by atoms with Gasteiger partial charge in [0.05, 0.1) is 16.6 Å². The van der Waals surface area contributed by atoms with Crippen molar-refractivity contribution in [2.75, 3.05) is 0 Å². The number of aryl methyl sites for hydroxylation is 1. The standard InChI is InChI=1S/C13H12FN3S/c1-9-17-8-13(18-9)7-16-6-11-2-10(5-15)3-12(14)4-11/h2-4,8,16H,6-7H2,1H3. The van der Waals surface area contributed by atoms with Crippen LogP contribution in [0.5, 0.6) is 0 Å². The summed E-state index contributed by atoms with van der Waals surface area (Å²) in [5, 5.41) is 13.0. The summed E-state index contributed by atoms with van der Waals surface area (Å²) in [6, 6.07) is 6.30. The van der Waals surface area contributed by atoms with Crippen LogP contribution in [0.3, 0.4) is 0 Å². The Morgan fingerprint density at radius 3 is 2.89 bits per heavy atom. The van der Waals surface area contributed by atoms with Gasteiger partial charge >= 0.3 is 0 Å². The van der Waals surface area contributed by atoms with Crippen LogP contribution in [0.15, 0.2) is 24.4 Å². The van der Waals surface area contributed by atoms with Crippen molar-refractivity contribution in [2.45, 2.75) is 20.0 Å². The van der Waals surface area contributed by atoms with Crippen LogP contribution in [-0.4, -0.2) is 4.98 Å². The van der Waals surface area contributed by atoms with E-state index in [1.807, 2.05) is 19.2 Å². The van der Waals surface area contributed by atoms with Gasteiger partial charge in [0.15, 0.2) is 0 Å². The molecule has 0 aliphatic heterocycles. The van der Waals surface area contributed by atoms with E-state index in [0.29, 0.717) is 18.7 Å².